The number of ether oxygens (including phenoxy) is 1. The van der Waals surface area contributed by atoms with Crippen molar-refractivity contribution in [3.63, 3.8) is 0 Å². The van der Waals surface area contributed by atoms with E-state index in [-0.39, 0.29) is 12.5 Å². The number of thiophene rings is 1. The molecule has 3 heterocycles. The van der Waals surface area contributed by atoms with Crippen LogP contribution < -0.4 is 15.1 Å². The fourth-order valence-corrected chi connectivity index (χ4v) is 4.15. The van der Waals surface area contributed by atoms with E-state index < -0.39 is 6.09 Å². The number of halogens is 1. The minimum Gasteiger partial charge on any atom is -0.411 e. The van der Waals surface area contributed by atoms with E-state index in [0.717, 1.165) is 17.0 Å². The Bertz CT molecular complexity index is 1080. The smallest absolute Gasteiger partial charge is 0.411 e. The molecule has 4 rings (SSSR count). The lowest BCUT2D eigenvalue weighted by Gasteiger charge is -2.31. The van der Waals surface area contributed by atoms with Gasteiger partial charge in [-0.15, -0.1) is 11.3 Å². The lowest BCUT2D eigenvalue weighted by molar-refractivity contribution is -0.118. The summed E-state index contributed by atoms with van der Waals surface area (Å²) in [6.07, 6.45) is 1.56. The average molecular weight is 460 g/mol. The lowest BCUT2D eigenvalue weighted by atomic mass is 10.2. The predicted molar refractivity (Wildman–Crippen MR) is 118 cm³/mol. The largest absolute Gasteiger partial charge is 0.419 e. The van der Waals surface area contributed by atoms with E-state index >= 15 is 0 Å². The molecule has 2 aliphatic heterocycles. The van der Waals surface area contributed by atoms with Gasteiger partial charge in [0, 0.05) is 24.1 Å². The van der Waals surface area contributed by atoms with Gasteiger partial charge < -0.3 is 15.0 Å². The molecule has 9 nitrogen and oxygen atoms in total. The SMILES string of the molecule is CC1=NN(C=O)CCN1c1ccc(N2C/C(=C/NC(=O)c3ccc(Cl)s3)OC2=O)cc1. The molecule has 2 aromatic rings. The molecule has 0 aliphatic carbocycles. The molecule has 0 saturated carbocycles. The Morgan fingerprint density at radius 1 is 1.16 bits per heavy atom. The molecule has 1 aromatic carbocycles. The number of nitrogens with one attached hydrogen (secondary N) is 1. The molecule has 11 heteroatoms. The Balaban J connectivity index is 1.41. The topological polar surface area (TPSA) is 94.6 Å². The minimum atomic E-state index is -0.523. The second-order valence-electron chi connectivity index (χ2n) is 6.73. The van der Waals surface area contributed by atoms with Crippen LogP contribution in [0, 0.1) is 0 Å². The summed E-state index contributed by atoms with van der Waals surface area (Å²) >= 11 is 7.01. The maximum Gasteiger partial charge on any atom is 0.419 e. The maximum atomic E-state index is 12.3. The molecule has 0 atom stereocenters. The van der Waals surface area contributed by atoms with E-state index in [1.807, 2.05) is 36.1 Å². The number of anilines is 2. The number of benzene rings is 1. The summed E-state index contributed by atoms with van der Waals surface area (Å²) in [5.74, 6) is 0.715. The van der Waals surface area contributed by atoms with E-state index in [0.29, 0.717) is 46.0 Å². The summed E-state index contributed by atoms with van der Waals surface area (Å²) in [7, 11) is 0. The normalized spacial score (nSPS) is 17.6. The first-order chi connectivity index (χ1) is 14.9. The van der Waals surface area contributed by atoms with Gasteiger partial charge in [0.1, 0.15) is 11.6 Å². The van der Waals surface area contributed by atoms with Gasteiger partial charge in [-0.25, -0.2) is 9.80 Å². The van der Waals surface area contributed by atoms with Crippen LogP contribution in [0.15, 0.2) is 53.5 Å². The van der Waals surface area contributed by atoms with Crippen LogP contribution >= 0.6 is 22.9 Å². The Kier molecular flexibility index (Phi) is 5.92. The van der Waals surface area contributed by atoms with Crippen LogP contribution in [0.3, 0.4) is 0 Å². The fraction of sp³-hybridized carbons (Fsp3) is 0.200. The van der Waals surface area contributed by atoms with Crippen LogP contribution in [0.5, 0.6) is 0 Å². The molecule has 160 valence electrons. The van der Waals surface area contributed by atoms with Gasteiger partial charge in [0.15, 0.2) is 0 Å². The fourth-order valence-electron chi connectivity index (χ4n) is 3.20. The Morgan fingerprint density at radius 3 is 2.48 bits per heavy atom. The molecule has 0 spiro atoms. The number of amides is 3. The predicted octanol–water partition coefficient (Wildman–Crippen LogP) is 3.24. The van der Waals surface area contributed by atoms with Gasteiger partial charge in [-0.3, -0.25) is 14.5 Å². The number of amidine groups is 1. The van der Waals surface area contributed by atoms with E-state index in [1.54, 1.807) is 12.1 Å². The molecule has 2 aliphatic rings. The first-order valence-electron chi connectivity index (χ1n) is 9.34. The highest BCUT2D eigenvalue weighted by Crippen LogP contribution is 2.27. The molecule has 1 aromatic heterocycles. The summed E-state index contributed by atoms with van der Waals surface area (Å²) in [6.45, 7) is 3.15. The molecular formula is C20H18ClN5O4S. The Labute approximate surface area is 187 Å². The zero-order chi connectivity index (χ0) is 22.0. The number of hydrogen-bond donors (Lipinski definition) is 1. The monoisotopic (exact) mass is 459 g/mol. The maximum absolute atomic E-state index is 12.3. The highest BCUT2D eigenvalue weighted by Gasteiger charge is 2.29. The van der Waals surface area contributed by atoms with Crippen molar-refractivity contribution in [2.75, 3.05) is 29.4 Å². The van der Waals surface area contributed by atoms with Crippen molar-refractivity contribution in [3.8, 4) is 0 Å². The highest BCUT2D eigenvalue weighted by atomic mass is 35.5. The van der Waals surface area contributed by atoms with Crippen molar-refractivity contribution in [3.05, 3.63) is 57.6 Å². The third-order valence-electron chi connectivity index (χ3n) is 4.73. The molecule has 0 unspecified atom stereocenters. The number of cyclic esters (lactones) is 1. The van der Waals surface area contributed by atoms with E-state index in [9.17, 15) is 14.4 Å². The lowest BCUT2D eigenvalue weighted by Crippen LogP contribution is -2.42. The Morgan fingerprint density at radius 2 is 1.87 bits per heavy atom. The summed E-state index contributed by atoms with van der Waals surface area (Å²) in [5.41, 5.74) is 1.57. The van der Waals surface area contributed by atoms with Gasteiger partial charge in [-0.1, -0.05) is 11.6 Å². The second kappa shape index (κ2) is 8.78. The molecule has 0 radical (unpaired) electrons. The van der Waals surface area contributed by atoms with Gasteiger partial charge in [0.25, 0.3) is 5.91 Å². The zero-order valence-corrected chi connectivity index (χ0v) is 18.0. The summed E-state index contributed by atoms with van der Waals surface area (Å²) in [5, 5.41) is 8.18. The molecule has 1 fully saturated rings. The summed E-state index contributed by atoms with van der Waals surface area (Å²) < 4.78 is 5.77. The quantitative estimate of drug-likeness (QED) is 0.692. The number of carbonyl (C=O) groups is 3. The average Bonchev–Trinajstić information content (AvgIpc) is 3.37. The van der Waals surface area contributed by atoms with Gasteiger partial charge >= 0.3 is 6.09 Å². The van der Waals surface area contributed by atoms with Crippen molar-refractivity contribution in [1.82, 2.24) is 10.3 Å². The number of hydrazone groups is 1. The zero-order valence-electron chi connectivity index (χ0n) is 16.4. The number of carbonyl (C=O) groups excluding carboxylic acids is 3. The standard InChI is InChI=1S/C20H18ClN5O4S/c1-13-23-24(12-27)8-9-25(13)14-2-4-15(5-3-14)26-11-16(30-20(26)29)10-22-19(28)17-6-7-18(21)31-17/h2-7,10,12H,8-9,11H2,1H3,(H,22,28)/b16-10-. The van der Waals surface area contributed by atoms with Gasteiger partial charge in [0.2, 0.25) is 6.41 Å². The number of hydrogen-bond acceptors (Lipinski definition) is 7. The van der Waals surface area contributed by atoms with E-state index in [2.05, 4.69) is 10.4 Å². The third kappa shape index (κ3) is 4.54. The van der Waals surface area contributed by atoms with Crippen LogP contribution in [0.2, 0.25) is 4.34 Å². The van der Waals surface area contributed by atoms with E-state index in [4.69, 9.17) is 16.3 Å². The molecule has 0 bridgehead atoms. The molecule has 1 N–H and O–H groups in total. The first kappa shape index (κ1) is 20.9. The van der Waals surface area contributed by atoms with E-state index in [1.165, 1.54) is 16.1 Å². The van der Waals surface area contributed by atoms with Crippen molar-refractivity contribution in [2.45, 2.75) is 6.92 Å². The van der Waals surface area contributed by atoms with Crippen LogP contribution in [0.25, 0.3) is 0 Å². The van der Waals surface area contributed by atoms with Crippen LogP contribution in [-0.2, 0) is 9.53 Å². The van der Waals surface area contributed by atoms with Crippen LogP contribution in [0.1, 0.15) is 16.6 Å². The second-order valence-corrected chi connectivity index (χ2v) is 8.44. The summed E-state index contributed by atoms with van der Waals surface area (Å²) in [6, 6.07) is 10.6. The number of nitrogens with zero attached hydrogens (tertiary/aromatic N) is 4. The molecular weight excluding hydrogens is 442 g/mol. The van der Waals surface area contributed by atoms with Gasteiger partial charge in [0.05, 0.1) is 22.3 Å². The van der Waals surface area contributed by atoms with Crippen molar-refractivity contribution in [2.24, 2.45) is 5.10 Å². The van der Waals surface area contributed by atoms with Crippen molar-refractivity contribution >= 4 is 58.6 Å². The molecule has 1 saturated heterocycles. The summed E-state index contributed by atoms with van der Waals surface area (Å²) in [4.78, 5) is 39.2. The van der Waals surface area contributed by atoms with Crippen molar-refractivity contribution in [1.29, 1.82) is 0 Å². The first-order valence-corrected chi connectivity index (χ1v) is 10.5. The van der Waals surface area contributed by atoms with Gasteiger partial charge in [-0.05, 0) is 43.3 Å². The minimum absolute atomic E-state index is 0.197. The molecule has 3 amide bonds. The van der Waals surface area contributed by atoms with Crippen molar-refractivity contribution < 1.29 is 19.1 Å². The third-order valence-corrected chi connectivity index (χ3v) is 5.96. The Hall–Kier alpha value is -3.37. The number of rotatable bonds is 5. The van der Waals surface area contributed by atoms with Gasteiger partial charge in [-0.2, -0.15) is 5.10 Å². The highest BCUT2D eigenvalue weighted by molar-refractivity contribution is 7.18. The van der Waals surface area contributed by atoms with Crippen LogP contribution in [0.4, 0.5) is 16.2 Å². The van der Waals surface area contributed by atoms with Crippen LogP contribution in [-0.4, -0.2) is 48.9 Å². The molecule has 31 heavy (non-hydrogen) atoms.